The molecule has 0 aliphatic rings. The Kier molecular flexibility index (Phi) is 67.4. The quantitative estimate of drug-likeness (QED) is 0.0211. The topological polar surface area (TPSA) is 108 Å². The van der Waals surface area contributed by atoms with E-state index in [1.165, 1.54) is 212 Å². The van der Waals surface area contributed by atoms with Gasteiger partial charge in [-0.3, -0.25) is 18.6 Å². The number of unbranched alkanes of at least 4 members (excludes halogenated alkanes) is 37. The molecule has 0 rings (SSSR count). The van der Waals surface area contributed by atoms with Gasteiger partial charge in [-0.25, -0.2) is 4.57 Å². The smallest absolute Gasteiger partial charge is 0.462 e. The summed E-state index contributed by atoms with van der Waals surface area (Å²) >= 11 is 0. The van der Waals surface area contributed by atoms with Crippen LogP contribution in [0.1, 0.15) is 335 Å². The van der Waals surface area contributed by atoms with Crippen molar-refractivity contribution in [2.75, 3.05) is 47.5 Å². The molecule has 2 unspecified atom stereocenters. The average Bonchev–Trinajstić information content (AvgIpc) is 3.58. The van der Waals surface area contributed by atoms with Crippen molar-refractivity contribution >= 4 is 19.8 Å². The van der Waals surface area contributed by atoms with E-state index in [4.69, 9.17) is 18.5 Å². The van der Waals surface area contributed by atoms with Gasteiger partial charge < -0.3 is 18.9 Å². The number of phosphoric ester groups is 1. The van der Waals surface area contributed by atoms with Crippen molar-refractivity contribution in [3.05, 3.63) is 109 Å². The van der Waals surface area contributed by atoms with Crippen LogP contribution in [0.4, 0.5) is 0 Å². The fourth-order valence-corrected chi connectivity index (χ4v) is 11.3. The number of carbonyl (C=O) groups excluding carboxylic acids is 2. The highest BCUT2D eigenvalue weighted by Crippen LogP contribution is 2.43. The number of phosphoric acid groups is 1. The van der Waals surface area contributed by atoms with E-state index >= 15 is 0 Å². The zero-order valence-electron chi connectivity index (χ0n) is 59.4. The van der Waals surface area contributed by atoms with Crippen LogP contribution in [0.3, 0.4) is 0 Å². The molecule has 520 valence electrons. The Morgan fingerprint density at radius 2 is 0.633 bits per heavy atom. The van der Waals surface area contributed by atoms with Gasteiger partial charge in [-0.15, -0.1) is 0 Å². The lowest BCUT2D eigenvalue weighted by Crippen LogP contribution is -2.37. The first-order valence-corrected chi connectivity index (χ1v) is 39.1. The van der Waals surface area contributed by atoms with E-state index < -0.39 is 26.5 Å². The Balaban J connectivity index is 4.01. The second-order valence-electron chi connectivity index (χ2n) is 26.3. The Hall–Kier alpha value is -3.33. The Morgan fingerprint density at radius 1 is 0.356 bits per heavy atom. The van der Waals surface area contributed by atoms with Crippen LogP contribution in [-0.2, 0) is 32.7 Å². The number of allylic oxidation sites excluding steroid dienone is 18. The zero-order valence-corrected chi connectivity index (χ0v) is 60.2. The number of likely N-dealkylation sites (N-methyl/N-ethyl adjacent to an activating group) is 1. The first kappa shape index (κ1) is 86.7. The Morgan fingerprint density at radius 3 is 0.944 bits per heavy atom. The molecule has 0 saturated heterocycles. The van der Waals surface area contributed by atoms with Crippen LogP contribution in [-0.4, -0.2) is 74.9 Å². The number of carbonyl (C=O) groups is 2. The summed E-state index contributed by atoms with van der Waals surface area (Å²) in [6.07, 6.45) is 99.2. The highest BCUT2D eigenvalue weighted by Gasteiger charge is 2.27. The van der Waals surface area contributed by atoms with Crippen LogP contribution in [0, 0.1) is 0 Å². The molecule has 0 aliphatic heterocycles. The maximum atomic E-state index is 12.9. The highest BCUT2D eigenvalue weighted by atomic mass is 31.2. The lowest BCUT2D eigenvalue weighted by atomic mass is 10.0. The number of esters is 2. The third-order valence-electron chi connectivity index (χ3n) is 16.3. The molecule has 90 heavy (non-hydrogen) atoms. The van der Waals surface area contributed by atoms with Crippen molar-refractivity contribution in [1.29, 1.82) is 0 Å². The van der Waals surface area contributed by atoms with Crippen molar-refractivity contribution in [2.45, 2.75) is 341 Å². The van der Waals surface area contributed by atoms with Gasteiger partial charge in [-0.1, -0.05) is 329 Å². The average molecular weight is 1280 g/mol. The molecule has 0 fully saturated rings. The lowest BCUT2D eigenvalue weighted by molar-refractivity contribution is -0.870. The monoisotopic (exact) mass is 1280 g/mol. The van der Waals surface area contributed by atoms with Gasteiger partial charge in [0.25, 0.3) is 0 Å². The van der Waals surface area contributed by atoms with E-state index in [1.807, 2.05) is 21.1 Å². The molecule has 0 radical (unpaired) electrons. The summed E-state index contributed by atoms with van der Waals surface area (Å²) in [5.74, 6) is -0.789. The highest BCUT2D eigenvalue weighted by molar-refractivity contribution is 7.47. The van der Waals surface area contributed by atoms with E-state index in [1.54, 1.807) is 0 Å². The van der Waals surface area contributed by atoms with Crippen molar-refractivity contribution in [3.63, 3.8) is 0 Å². The lowest BCUT2D eigenvalue weighted by Gasteiger charge is -2.24. The van der Waals surface area contributed by atoms with Crippen molar-refractivity contribution < 1.29 is 42.1 Å². The summed E-state index contributed by atoms with van der Waals surface area (Å²) in [5, 5.41) is 0. The van der Waals surface area contributed by atoms with Crippen LogP contribution in [0.2, 0.25) is 0 Å². The summed E-state index contributed by atoms with van der Waals surface area (Å²) in [6.45, 7) is 4.34. The molecular weight excluding hydrogens is 1130 g/mol. The third-order valence-corrected chi connectivity index (χ3v) is 17.3. The van der Waals surface area contributed by atoms with E-state index in [0.717, 1.165) is 89.9 Å². The largest absolute Gasteiger partial charge is 0.472 e. The van der Waals surface area contributed by atoms with Crippen LogP contribution in [0.25, 0.3) is 0 Å². The molecule has 0 heterocycles. The normalized spacial score (nSPS) is 13.7. The second kappa shape index (κ2) is 70.0. The van der Waals surface area contributed by atoms with Crippen molar-refractivity contribution in [3.8, 4) is 0 Å². The van der Waals surface area contributed by atoms with Crippen LogP contribution in [0.15, 0.2) is 109 Å². The van der Waals surface area contributed by atoms with Crippen molar-refractivity contribution in [2.24, 2.45) is 0 Å². The standard InChI is InChI=1S/C80H142NO8P/c1-6-8-10-12-14-16-18-20-22-24-26-28-30-32-34-36-38-40-42-44-46-48-50-52-54-56-58-60-62-64-66-68-70-72-79(82)86-76-78(77-88-90(84,85)87-75-74-81(3,4)5)89-80(83)73-71-69-67-65-63-61-59-57-55-53-51-49-47-45-43-41-39-37-35-33-31-29-27-25-23-21-19-17-15-13-11-9-7-2/h9,11,15,17-18,20-21,23-24,26-27,29-30,32-33,35,39,41,78H,6-8,10,12-14,16,19,22,25,28,31,34,36-38,40,42-77H2,1-5H3/p+1/b11-9-,17-15-,20-18-,23-21-,26-24-,29-27-,32-30-,35-33-,41-39-. The SMILES string of the molecule is CC/C=C\C/C=C\C/C=C\C/C=C\C/C=C\C/C=C\CCCCCCCCCCCCCCCCC(=O)OC(COC(=O)CCCCCCCCCCCCCCCCCCCC/C=C\C/C=C\C/C=C\CCCCCCC)COP(=O)(O)OCC[N+](C)(C)C. The van der Waals surface area contributed by atoms with Gasteiger partial charge in [0.1, 0.15) is 19.8 Å². The van der Waals surface area contributed by atoms with Crippen LogP contribution < -0.4 is 0 Å². The summed E-state index contributed by atoms with van der Waals surface area (Å²) in [5.41, 5.74) is 0. The molecule has 0 amide bonds. The minimum atomic E-state index is -4.40. The first-order chi connectivity index (χ1) is 44.0. The number of hydrogen-bond donors (Lipinski definition) is 1. The molecule has 2 atom stereocenters. The van der Waals surface area contributed by atoms with E-state index in [9.17, 15) is 19.0 Å². The summed E-state index contributed by atoms with van der Waals surface area (Å²) in [6, 6.07) is 0. The van der Waals surface area contributed by atoms with Gasteiger partial charge in [0.05, 0.1) is 27.7 Å². The Labute approximate surface area is 556 Å². The molecule has 0 bridgehead atoms. The minimum Gasteiger partial charge on any atom is -0.462 e. The fourth-order valence-electron chi connectivity index (χ4n) is 10.6. The van der Waals surface area contributed by atoms with E-state index in [2.05, 4.69) is 123 Å². The van der Waals surface area contributed by atoms with E-state index in [0.29, 0.717) is 17.4 Å². The first-order valence-electron chi connectivity index (χ1n) is 37.6. The molecule has 0 aromatic carbocycles. The molecule has 0 spiro atoms. The molecule has 9 nitrogen and oxygen atoms in total. The van der Waals surface area contributed by atoms with Gasteiger partial charge in [-0.2, -0.15) is 0 Å². The Bertz CT molecular complexity index is 1890. The van der Waals surface area contributed by atoms with Crippen LogP contribution in [0.5, 0.6) is 0 Å². The number of hydrogen-bond acceptors (Lipinski definition) is 7. The molecule has 1 N–H and O–H groups in total. The number of ether oxygens (including phenoxy) is 2. The fraction of sp³-hybridized carbons (Fsp3) is 0.750. The molecule has 0 aliphatic carbocycles. The van der Waals surface area contributed by atoms with Gasteiger partial charge in [0.2, 0.25) is 0 Å². The second-order valence-corrected chi connectivity index (χ2v) is 27.8. The maximum absolute atomic E-state index is 12.9. The van der Waals surface area contributed by atoms with Gasteiger partial charge in [-0.05, 0) is 103 Å². The molecule has 0 aromatic rings. The summed E-state index contributed by atoms with van der Waals surface area (Å²) in [7, 11) is 1.48. The zero-order chi connectivity index (χ0) is 65.5. The van der Waals surface area contributed by atoms with Gasteiger partial charge in [0, 0.05) is 12.8 Å². The minimum absolute atomic E-state index is 0.0292. The van der Waals surface area contributed by atoms with Crippen LogP contribution >= 0.6 is 7.82 Å². The summed E-state index contributed by atoms with van der Waals surface area (Å²) in [4.78, 5) is 35.9. The number of rotatable bonds is 69. The molecule has 0 aromatic heterocycles. The molecule has 0 saturated carbocycles. The maximum Gasteiger partial charge on any atom is 0.472 e. The molecular formula is C80H143NO8P+. The van der Waals surface area contributed by atoms with Gasteiger partial charge >= 0.3 is 19.8 Å². The summed E-state index contributed by atoms with van der Waals surface area (Å²) < 4.78 is 34.8. The van der Waals surface area contributed by atoms with E-state index in [-0.39, 0.29) is 32.0 Å². The number of nitrogens with zero attached hydrogens (tertiary/aromatic N) is 1. The van der Waals surface area contributed by atoms with Gasteiger partial charge in [0.15, 0.2) is 6.10 Å². The molecule has 10 heteroatoms. The third kappa shape index (κ3) is 73.7. The number of quaternary nitrogens is 1. The predicted molar refractivity (Wildman–Crippen MR) is 390 cm³/mol. The predicted octanol–water partition coefficient (Wildman–Crippen LogP) is 24.8. The van der Waals surface area contributed by atoms with Crippen molar-refractivity contribution in [1.82, 2.24) is 0 Å².